The largest absolute Gasteiger partial charge is 0.490 e. The van der Waals surface area contributed by atoms with Crippen LogP contribution in [0.2, 0.25) is 0 Å². The highest BCUT2D eigenvalue weighted by atomic mass is 79.9. The molecule has 0 atom stereocenters. The van der Waals surface area contributed by atoms with Crippen molar-refractivity contribution < 1.29 is 17.9 Å². The van der Waals surface area contributed by atoms with E-state index in [9.17, 15) is 13.2 Å². The van der Waals surface area contributed by atoms with Gasteiger partial charge >= 0.3 is 0 Å². The molecule has 0 unspecified atom stereocenters. The van der Waals surface area contributed by atoms with Crippen LogP contribution in [0.15, 0.2) is 70.0 Å². The normalized spacial score (nSPS) is 11.3. The number of ether oxygens (including phenoxy) is 1. The molecule has 32 heavy (non-hydrogen) atoms. The summed E-state index contributed by atoms with van der Waals surface area (Å²) in [6, 6.07) is 16.5. The van der Waals surface area contributed by atoms with E-state index in [1.807, 2.05) is 33.8 Å². The Labute approximate surface area is 197 Å². The van der Waals surface area contributed by atoms with Gasteiger partial charge in [0.05, 0.1) is 15.5 Å². The van der Waals surface area contributed by atoms with Gasteiger partial charge in [0.15, 0.2) is 0 Å². The predicted molar refractivity (Wildman–Crippen MR) is 131 cm³/mol. The maximum Gasteiger partial charge on any atom is 0.261 e. The molecule has 3 aromatic rings. The number of aryl methyl sites for hydroxylation is 2. The van der Waals surface area contributed by atoms with Crippen LogP contribution in [0.1, 0.15) is 35.3 Å². The van der Waals surface area contributed by atoms with Crippen LogP contribution in [-0.2, 0) is 10.0 Å². The van der Waals surface area contributed by atoms with E-state index in [1.165, 1.54) is 12.1 Å². The molecule has 2 N–H and O–H groups in total. The highest BCUT2D eigenvalue weighted by molar-refractivity contribution is 9.10. The van der Waals surface area contributed by atoms with Crippen LogP contribution in [0.3, 0.4) is 0 Å². The zero-order chi connectivity index (χ0) is 23.5. The van der Waals surface area contributed by atoms with Crippen LogP contribution in [0, 0.1) is 13.8 Å². The first-order valence-electron chi connectivity index (χ1n) is 10.0. The molecule has 0 aliphatic carbocycles. The SMILES string of the molecule is Cc1ccc(NS(=O)(=O)c2ccc(NC(=O)c3ccc(OC(C)C)c(Br)c3)cc2)cc1C. The Morgan fingerprint density at radius 3 is 2.16 bits per heavy atom. The second kappa shape index (κ2) is 9.75. The Bertz CT molecular complexity index is 1240. The molecule has 3 aromatic carbocycles. The molecule has 0 aliphatic heterocycles. The van der Waals surface area contributed by atoms with E-state index in [2.05, 4.69) is 26.0 Å². The minimum atomic E-state index is -3.74. The highest BCUT2D eigenvalue weighted by Gasteiger charge is 2.15. The van der Waals surface area contributed by atoms with Crippen molar-refractivity contribution in [3.63, 3.8) is 0 Å². The molecule has 0 heterocycles. The number of nitrogens with one attached hydrogen (secondary N) is 2. The molecule has 0 radical (unpaired) electrons. The van der Waals surface area contributed by atoms with Crippen molar-refractivity contribution in [1.29, 1.82) is 0 Å². The van der Waals surface area contributed by atoms with Crippen LogP contribution in [0.25, 0.3) is 0 Å². The standard InChI is InChI=1S/C24H25BrN2O4S/c1-15(2)31-23-12-6-18(14-22(23)25)24(28)26-19-8-10-21(11-9-19)32(29,30)27-20-7-5-16(3)17(4)13-20/h5-15,27H,1-4H3,(H,26,28). The Morgan fingerprint density at radius 1 is 0.906 bits per heavy atom. The second-order valence-electron chi connectivity index (χ2n) is 7.69. The molecule has 0 aliphatic rings. The lowest BCUT2D eigenvalue weighted by Crippen LogP contribution is -2.14. The fourth-order valence-corrected chi connectivity index (χ4v) is 4.45. The van der Waals surface area contributed by atoms with Crippen LogP contribution in [-0.4, -0.2) is 20.4 Å². The summed E-state index contributed by atoms with van der Waals surface area (Å²) >= 11 is 3.42. The molecule has 8 heteroatoms. The van der Waals surface area contributed by atoms with Crippen molar-refractivity contribution in [3.05, 3.63) is 81.8 Å². The quantitative estimate of drug-likeness (QED) is 0.408. The predicted octanol–water partition coefficient (Wildman–Crippen LogP) is 5.91. The van der Waals surface area contributed by atoms with Crippen LogP contribution in [0.5, 0.6) is 5.75 Å². The van der Waals surface area contributed by atoms with Crippen molar-refractivity contribution in [2.75, 3.05) is 10.0 Å². The summed E-state index contributed by atoms with van der Waals surface area (Å²) in [5, 5.41) is 2.77. The number of carbonyl (C=O) groups is 1. The number of anilines is 2. The van der Waals surface area contributed by atoms with Crippen molar-refractivity contribution in [2.45, 2.75) is 38.7 Å². The van der Waals surface area contributed by atoms with E-state index in [0.29, 0.717) is 27.2 Å². The molecule has 1 amide bonds. The maximum atomic E-state index is 12.7. The first kappa shape index (κ1) is 23.8. The summed E-state index contributed by atoms with van der Waals surface area (Å²) in [6.45, 7) is 7.74. The fraction of sp³-hybridized carbons (Fsp3) is 0.208. The van der Waals surface area contributed by atoms with Crippen LogP contribution >= 0.6 is 15.9 Å². The molecule has 168 valence electrons. The van der Waals surface area contributed by atoms with Crippen molar-refractivity contribution in [2.24, 2.45) is 0 Å². The van der Waals surface area contributed by atoms with Gasteiger partial charge < -0.3 is 10.1 Å². The van der Waals surface area contributed by atoms with E-state index in [1.54, 1.807) is 42.5 Å². The van der Waals surface area contributed by atoms with E-state index in [-0.39, 0.29) is 16.9 Å². The van der Waals surface area contributed by atoms with Gasteiger partial charge in [-0.25, -0.2) is 8.42 Å². The Morgan fingerprint density at radius 2 is 1.56 bits per heavy atom. The Balaban J connectivity index is 1.70. The third-order valence-electron chi connectivity index (χ3n) is 4.74. The number of halogens is 1. The smallest absolute Gasteiger partial charge is 0.261 e. The molecule has 0 bridgehead atoms. The topological polar surface area (TPSA) is 84.5 Å². The molecular formula is C24H25BrN2O4S. The van der Waals surface area contributed by atoms with Gasteiger partial charge in [0.2, 0.25) is 0 Å². The van der Waals surface area contributed by atoms with Crippen molar-refractivity contribution in [3.8, 4) is 5.75 Å². The van der Waals surface area contributed by atoms with Crippen LogP contribution < -0.4 is 14.8 Å². The third kappa shape index (κ3) is 5.89. The van der Waals surface area contributed by atoms with E-state index in [0.717, 1.165) is 11.1 Å². The summed E-state index contributed by atoms with van der Waals surface area (Å²) in [6.07, 6.45) is 0.0188. The van der Waals surface area contributed by atoms with E-state index < -0.39 is 10.0 Å². The molecular weight excluding hydrogens is 492 g/mol. The molecule has 6 nitrogen and oxygen atoms in total. The lowest BCUT2D eigenvalue weighted by molar-refractivity contribution is 0.102. The number of amides is 1. The Hall–Kier alpha value is -2.84. The second-order valence-corrected chi connectivity index (χ2v) is 10.2. The summed E-state index contributed by atoms with van der Waals surface area (Å²) in [5.41, 5.74) is 3.52. The van der Waals surface area contributed by atoms with Gasteiger partial charge in [0, 0.05) is 16.9 Å². The lowest BCUT2D eigenvalue weighted by Gasteiger charge is -2.13. The average Bonchev–Trinajstić information content (AvgIpc) is 2.72. The van der Waals surface area contributed by atoms with Gasteiger partial charge in [-0.05, 0) is 109 Å². The zero-order valence-electron chi connectivity index (χ0n) is 18.3. The fourth-order valence-electron chi connectivity index (χ4n) is 2.93. The summed E-state index contributed by atoms with van der Waals surface area (Å²) in [5.74, 6) is 0.341. The highest BCUT2D eigenvalue weighted by Crippen LogP contribution is 2.27. The number of hydrogen-bond donors (Lipinski definition) is 2. The first-order chi connectivity index (χ1) is 15.0. The van der Waals surface area contributed by atoms with E-state index in [4.69, 9.17) is 4.74 Å². The number of hydrogen-bond acceptors (Lipinski definition) is 4. The molecule has 0 saturated carbocycles. The maximum absolute atomic E-state index is 12.7. The summed E-state index contributed by atoms with van der Waals surface area (Å²) in [7, 11) is -3.74. The van der Waals surface area contributed by atoms with Crippen molar-refractivity contribution >= 4 is 43.2 Å². The summed E-state index contributed by atoms with van der Waals surface area (Å²) < 4.78 is 34.3. The van der Waals surface area contributed by atoms with Crippen LogP contribution in [0.4, 0.5) is 11.4 Å². The number of carbonyl (C=O) groups excluding carboxylic acids is 1. The van der Waals surface area contributed by atoms with Gasteiger partial charge in [0.1, 0.15) is 5.75 Å². The van der Waals surface area contributed by atoms with Gasteiger partial charge in [0.25, 0.3) is 15.9 Å². The van der Waals surface area contributed by atoms with Gasteiger partial charge in [-0.15, -0.1) is 0 Å². The minimum absolute atomic E-state index is 0.0188. The van der Waals surface area contributed by atoms with Gasteiger partial charge in [-0.2, -0.15) is 0 Å². The Kier molecular flexibility index (Phi) is 7.26. The lowest BCUT2D eigenvalue weighted by atomic mass is 10.1. The monoisotopic (exact) mass is 516 g/mol. The average molecular weight is 517 g/mol. The van der Waals surface area contributed by atoms with Gasteiger partial charge in [-0.3, -0.25) is 9.52 Å². The molecule has 0 fully saturated rings. The molecule has 0 aromatic heterocycles. The molecule has 0 spiro atoms. The third-order valence-corrected chi connectivity index (χ3v) is 6.76. The number of benzene rings is 3. The molecule has 3 rings (SSSR count). The molecule has 0 saturated heterocycles. The van der Waals surface area contributed by atoms with E-state index >= 15 is 0 Å². The number of sulfonamides is 1. The van der Waals surface area contributed by atoms with Crippen molar-refractivity contribution in [1.82, 2.24) is 0 Å². The zero-order valence-corrected chi connectivity index (χ0v) is 20.7. The summed E-state index contributed by atoms with van der Waals surface area (Å²) in [4.78, 5) is 12.7. The minimum Gasteiger partial charge on any atom is -0.490 e. The number of rotatable bonds is 7. The first-order valence-corrected chi connectivity index (χ1v) is 12.3. The van der Waals surface area contributed by atoms with Gasteiger partial charge in [-0.1, -0.05) is 6.07 Å².